The lowest BCUT2D eigenvalue weighted by atomic mass is 10.0. The van der Waals surface area contributed by atoms with Crippen molar-refractivity contribution in [3.63, 3.8) is 0 Å². The first kappa shape index (κ1) is 13.9. The zero-order chi connectivity index (χ0) is 15.0. The predicted molar refractivity (Wildman–Crippen MR) is 90.4 cm³/mol. The topological polar surface area (TPSA) is 30.9 Å². The molecule has 21 heavy (non-hydrogen) atoms. The number of hydrogen-bond acceptors (Lipinski definition) is 1. The maximum Gasteiger partial charge on any atom is 0.0536 e. The van der Waals surface area contributed by atoms with E-state index in [2.05, 4.69) is 67.8 Å². The van der Waals surface area contributed by atoms with Gasteiger partial charge < -0.3 is 10.3 Å². The summed E-state index contributed by atoms with van der Waals surface area (Å²) in [5, 5.41) is 1.27. The number of nitrogens with two attached hydrogens (primary N) is 1. The summed E-state index contributed by atoms with van der Waals surface area (Å²) in [6, 6.07) is 15.2. The molecule has 3 aromatic rings. The highest BCUT2D eigenvalue weighted by Crippen LogP contribution is 2.34. The van der Waals surface area contributed by atoms with Crippen LogP contribution in [0.5, 0.6) is 0 Å². The van der Waals surface area contributed by atoms with Crippen LogP contribution in [0.15, 0.2) is 42.5 Å². The van der Waals surface area contributed by atoms with E-state index in [1.165, 1.54) is 38.9 Å². The number of aromatic nitrogens is 1. The second kappa shape index (κ2) is 5.38. The average molecular weight is 278 g/mol. The third-order valence-corrected chi connectivity index (χ3v) is 4.38. The second-order valence-electron chi connectivity index (χ2n) is 5.59. The van der Waals surface area contributed by atoms with Crippen molar-refractivity contribution in [1.29, 1.82) is 0 Å². The smallest absolute Gasteiger partial charge is 0.0536 e. The van der Waals surface area contributed by atoms with Crippen LogP contribution in [0, 0.1) is 13.8 Å². The SMILES string of the molecule is CCn1c(-c2ccc(C)c(C)c2)c(CN)c2ccccc21. The second-order valence-corrected chi connectivity index (χ2v) is 5.59. The molecule has 0 aliphatic carbocycles. The van der Waals surface area contributed by atoms with E-state index in [9.17, 15) is 0 Å². The average Bonchev–Trinajstić information content (AvgIpc) is 2.83. The summed E-state index contributed by atoms with van der Waals surface area (Å²) in [6.45, 7) is 8.02. The zero-order valence-electron chi connectivity index (χ0n) is 13.0. The summed E-state index contributed by atoms with van der Waals surface area (Å²) in [4.78, 5) is 0. The molecule has 0 aliphatic heterocycles. The maximum atomic E-state index is 6.08. The predicted octanol–water partition coefficient (Wildman–Crippen LogP) is 4.40. The summed E-state index contributed by atoms with van der Waals surface area (Å²) in [7, 11) is 0. The zero-order valence-corrected chi connectivity index (χ0v) is 13.0. The van der Waals surface area contributed by atoms with Crippen molar-refractivity contribution in [2.45, 2.75) is 33.9 Å². The Labute approximate surface area is 126 Å². The van der Waals surface area contributed by atoms with Crippen LogP contribution in [0.4, 0.5) is 0 Å². The highest BCUT2D eigenvalue weighted by atomic mass is 15.0. The van der Waals surface area contributed by atoms with Gasteiger partial charge >= 0.3 is 0 Å². The molecule has 3 rings (SSSR count). The van der Waals surface area contributed by atoms with Crippen molar-refractivity contribution < 1.29 is 0 Å². The third kappa shape index (κ3) is 2.16. The van der Waals surface area contributed by atoms with Gasteiger partial charge in [-0.15, -0.1) is 0 Å². The normalized spacial score (nSPS) is 11.2. The molecule has 0 fully saturated rings. The Kier molecular flexibility index (Phi) is 3.56. The van der Waals surface area contributed by atoms with E-state index in [0.29, 0.717) is 6.54 Å². The fourth-order valence-corrected chi connectivity index (χ4v) is 3.13. The summed E-state index contributed by atoms with van der Waals surface area (Å²) in [5.41, 5.74) is 13.8. The minimum absolute atomic E-state index is 0.565. The van der Waals surface area contributed by atoms with E-state index in [-0.39, 0.29) is 0 Å². The molecule has 0 unspecified atom stereocenters. The van der Waals surface area contributed by atoms with Gasteiger partial charge in [-0.3, -0.25) is 0 Å². The molecule has 2 nitrogen and oxygen atoms in total. The molecule has 0 saturated carbocycles. The van der Waals surface area contributed by atoms with Crippen molar-refractivity contribution in [3.05, 3.63) is 59.2 Å². The summed E-state index contributed by atoms with van der Waals surface area (Å²) in [6.07, 6.45) is 0. The monoisotopic (exact) mass is 278 g/mol. The number of rotatable bonds is 3. The molecular formula is C19H22N2. The molecule has 0 saturated heterocycles. The van der Waals surface area contributed by atoms with Gasteiger partial charge in [-0.2, -0.15) is 0 Å². The Morgan fingerprint density at radius 2 is 1.76 bits per heavy atom. The van der Waals surface area contributed by atoms with Crippen LogP contribution in [-0.4, -0.2) is 4.57 Å². The summed E-state index contributed by atoms with van der Waals surface area (Å²) < 4.78 is 2.38. The largest absolute Gasteiger partial charge is 0.340 e. The Hall–Kier alpha value is -2.06. The van der Waals surface area contributed by atoms with Crippen molar-refractivity contribution in [2.75, 3.05) is 0 Å². The molecule has 0 aliphatic rings. The fraction of sp³-hybridized carbons (Fsp3) is 0.263. The number of aryl methyl sites for hydroxylation is 3. The summed E-state index contributed by atoms with van der Waals surface area (Å²) >= 11 is 0. The molecule has 2 N–H and O–H groups in total. The number of benzene rings is 2. The molecule has 2 heteroatoms. The highest BCUT2D eigenvalue weighted by Gasteiger charge is 2.16. The standard InChI is InChI=1S/C19H22N2/c1-4-21-18-8-6-5-7-16(18)17(12-20)19(21)15-10-9-13(2)14(3)11-15/h5-11H,4,12,20H2,1-3H3. The first-order chi connectivity index (χ1) is 10.2. The van der Waals surface area contributed by atoms with Gasteiger partial charge in [0, 0.05) is 24.0 Å². The van der Waals surface area contributed by atoms with Crippen LogP contribution in [-0.2, 0) is 13.1 Å². The van der Waals surface area contributed by atoms with Crippen molar-refractivity contribution in [3.8, 4) is 11.3 Å². The minimum atomic E-state index is 0.565. The van der Waals surface area contributed by atoms with E-state index in [1.54, 1.807) is 0 Å². The Morgan fingerprint density at radius 1 is 1.00 bits per heavy atom. The van der Waals surface area contributed by atoms with Crippen LogP contribution >= 0.6 is 0 Å². The summed E-state index contributed by atoms with van der Waals surface area (Å²) in [5.74, 6) is 0. The lowest BCUT2D eigenvalue weighted by Crippen LogP contribution is -2.02. The molecule has 0 amide bonds. The molecule has 2 aromatic carbocycles. The van der Waals surface area contributed by atoms with Gasteiger partial charge in [-0.05, 0) is 55.2 Å². The number of nitrogens with zero attached hydrogens (tertiary/aromatic N) is 1. The van der Waals surface area contributed by atoms with Crippen LogP contribution in [0.2, 0.25) is 0 Å². The Morgan fingerprint density at radius 3 is 2.43 bits per heavy atom. The van der Waals surface area contributed by atoms with Crippen molar-refractivity contribution >= 4 is 10.9 Å². The van der Waals surface area contributed by atoms with Gasteiger partial charge in [-0.25, -0.2) is 0 Å². The van der Waals surface area contributed by atoms with E-state index in [0.717, 1.165) is 6.54 Å². The van der Waals surface area contributed by atoms with E-state index >= 15 is 0 Å². The lowest BCUT2D eigenvalue weighted by molar-refractivity contribution is 0.800. The van der Waals surface area contributed by atoms with Crippen LogP contribution in [0.1, 0.15) is 23.6 Å². The van der Waals surface area contributed by atoms with Gasteiger partial charge in [0.1, 0.15) is 0 Å². The molecule has 0 radical (unpaired) electrons. The molecule has 1 aromatic heterocycles. The molecule has 0 bridgehead atoms. The van der Waals surface area contributed by atoms with Gasteiger partial charge in [0.2, 0.25) is 0 Å². The number of hydrogen-bond donors (Lipinski definition) is 1. The molecule has 1 heterocycles. The molecule has 108 valence electrons. The van der Waals surface area contributed by atoms with E-state index in [4.69, 9.17) is 5.73 Å². The van der Waals surface area contributed by atoms with Crippen molar-refractivity contribution in [1.82, 2.24) is 4.57 Å². The van der Waals surface area contributed by atoms with Gasteiger partial charge in [0.15, 0.2) is 0 Å². The fourth-order valence-electron chi connectivity index (χ4n) is 3.13. The minimum Gasteiger partial charge on any atom is -0.340 e. The lowest BCUT2D eigenvalue weighted by Gasteiger charge is -2.12. The van der Waals surface area contributed by atoms with Crippen molar-refractivity contribution in [2.24, 2.45) is 5.73 Å². The van der Waals surface area contributed by atoms with Gasteiger partial charge in [0.05, 0.1) is 5.69 Å². The van der Waals surface area contributed by atoms with Gasteiger partial charge in [-0.1, -0.05) is 30.3 Å². The first-order valence-corrected chi connectivity index (χ1v) is 7.55. The highest BCUT2D eigenvalue weighted by molar-refractivity contribution is 5.92. The number of para-hydroxylation sites is 1. The maximum absolute atomic E-state index is 6.08. The molecular weight excluding hydrogens is 256 g/mol. The van der Waals surface area contributed by atoms with E-state index in [1.807, 2.05) is 0 Å². The van der Waals surface area contributed by atoms with Crippen LogP contribution in [0.25, 0.3) is 22.2 Å². The van der Waals surface area contributed by atoms with E-state index < -0.39 is 0 Å². The third-order valence-electron chi connectivity index (χ3n) is 4.38. The quantitative estimate of drug-likeness (QED) is 0.756. The first-order valence-electron chi connectivity index (χ1n) is 7.55. The Balaban J connectivity index is 2.37. The molecule has 0 atom stereocenters. The molecule has 0 spiro atoms. The Bertz CT molecular complexity index is 756. The van der Waals surface area contributed by atoms with Crippen LogP contribution in [0.3, 0.4) is 0 Å². The van der Waals surface area contributed by atoms with Gasteiger partial charge in [0.25, 0.3) is 0 Å². The number of fused-ring (bicyclic) bond motifs is 1. The van der Waals surface area contributed by atoms with Crippen LogP contribution < -0.4 is 5.73 Å².